The van der Waals surface area contributed by atoms with Gasteiger partial charge < -0.3 is 30.6 Å². The molecule has 0 aromatic rings. The maximum absolute atomic E-state index is 13.3. The number of allylic oxidation sites excluding steroid dienone is 1. The summed E-state index contributed by atoms with van der Waals surface area (Å²) in [4.78, 5) is 13.3. The second-order valence-electron chi connectivity index (χ2n) is 12.7. The Morgan fingerprint density at radius 3 is 2.44 bits per heavy atom. The number of aliphatic hydroxyl groups excluding tert-OH is 4. The number of fused-ring (bicyclic) bond motifs is 5. The van der Waals surface area contributed by atoms with Gasteiger partial charge in [-0.25, -0.2) is 0 Å². The molecule has 0 heterocycles. The first-order valence-electron chi connectivity index (χ1n) is 13.1. The molecule has 0 aliphatic heterocycles. The highest BCUT2D eigenvalue weighted by Gasteiger charge is 2.69. The number of hydrogen-bond acceptors (Lipinski definition) is 7. The molecule has 4 rings (SSSR count). The molecule has 0 aromatic carbocycles. The number of ketones is 1. The number of aliphatic hydroxyl groups is 6. The van der Waals surface area contributed by atoms with Gasteiger partial charge in [0.25, 0.3) is 0 Å². The molecule has 7 nitrogen and oxygen atoms in total. The number of carbonyl (C=O) groups excluding carboxylic acids is 1. The Labute approximate surface area is 202 Å². The van der Waals surface area contributed by atoms with Gasteiger partial charge in [-0.1, -0.05) is 20.8 Å². The molecule has 0 amide bonds. The van der Waals surface area contributed by atoms with Crippen LogP contribution in [-0.4, -0.2) is 72.5 Å². The summed E-state index contributed by atoms with van der Waals surface area (Å²) in [6.07, 6.45) is 2.65. The van der Waals surface area contributed by atoms with E-state index in [1.807, 2.05) is 20.8 Å². The highest BCUT2D eigenvalue weighted by Crippen LogP contribution is 2.68. The first-order chi connectivity index (χ1) is 15.7. The van der Waals surface area contributed by atoms with Crippen LogP contribution >= 0.6 is 0 Å². The minimum atomic E-state index is -1.42. The highest BCUT2D eigenvalue weighted by molar-refractivity contribution is 5.95. The van der Waals surface area contributed by atoms with E-state index in [1.165, 1.54) is 0 Å². The van der Waals surface area contributed by atoms with Gasteiger partial charge in [0, 0.05) is 17.9 Å². The fourth-order valence-electron chi connectivity index (χ4n) is 8.37. The third-order valence-electron chi connectivity index (χ3n) is 10.7. The van der Waals surface area contributed by atoms with Crippen molar-refractivity contribution in [1.29, 1.82) is 0 Å². The van der Waals surface area contributed by atoms with Crippen LogP contribution in [0.1, 0.15) is 79.1 Å². The van der Waals surface area contributed by atoms with E-state index in [9.17, 15) is 35.4 Å². The van der Waals surface area contributed by atoms with Gasteiger partial charge in [-0.3, -0.25) is 4.79 Å². The fraction of sp³-hybridized carbons (Fsp3) is 0.889. The average Bonchev–Trinajstić information content (AvgIpc) is 3.06. The molecule has 4 aliphatic rings. The normalized spacial score (nSPS) is 47.6. The number of rotatable bonds is 6. The van der Waals surface area contributed by atoms with Crippen LogP contribution in [0, 0.1) is 34.5 Å². The Hall–Kier alpha value is -0.830. The van der Waals surface area contributed by atoms with Crippen molar-refractivity contribution in [2.45, 2.75) is 109 Å². The maximum Gasteiger partial charge on any atom is 0.159 e. The van der Waals surface area contributed by atoms with Crippen LogP contribution in [0.25, 0.3) is 0 Å². The first-order valence-corrected chi connectivity index (χ1v) is 13.1. The third kappa shape index (κ3) is 3.65. The van der Waals surface area contributed by atoms with Crippen molar-refractivity contribution in [2.75, 3.05) is 6.61 Å². The lowest BCUT2D eigenvalue weighted by Gasteiger charge is -2.60. The minimum absolute atomic E-state index is 0.0326. The SMILES string of the molecule is CC(CO)CCC(O)[C@](C)(O)[C@H]1CC[C@@]2(O)C3=CC(=O)C4CC(O)C(O)C[C@]4(C)[C@H]3CC[C@]12C. The molecule has 7 heteroatoms. The van der Waals surface area contributed by atoms with Gasteiger partial charge >= 0.3 is 0 Å². The van der Waals surface area contributed by atoms with Crippen molar-refractivity contribution in [2.24, 2.45) is 34.5 Å². The van der Waals surface area contributed by atoms with Gasteiger partial charge in [-0.15, -0.1) is 0 Å². The lowest BCUT2D eigenvalue weighted by molar-refractivity contribution is -0.176. The van der Waals surface area contributed by atoms with Gasteiger partial charge in [-0.2, -0.15) is 0 Å². The molecule has 0 saturated heterocycles. The molecule has 5 unspecified atom stereocenters. The van der Waals surface area contributed by atoms with Gasteiger partial charge in [0.2, 0.25) is 0 Å². The van der Waals surface area contributed by atoms with E-state index in [-0.39, 0.29) is 42.5 Å². The Kier molecular flexibility index (Phi) is 6.66. The average molecular weight is 481 g/mol. The molecule has 34 heavy (non-hydrogen) atoms. The van der Waals surface area contributed by atoms with Crippen LogP contribution in [-0.2, 0) is 4.79 Å². The van der Waals surface area contributed by atoms with Gasteiger partial charge in [-0.05, 0) is 93.1 Å². The van der Waals surface area contributed by atoms with Crippen LogP contribution in [0.5, 0.6) is 0 Å². The lowest BCUT2D eigenvalue weighted by atomic mass is 9.45. The standard InChI is InChI=1S/C27H44O7/c1-15(14-28)5-6-23(32)26(4,33)22-8-10-27(34)17-11-19(29)18-12-20(30)21(31)13-24(18,2)16(17)7-9-25(22,27)3/h11,15-16,18,20-23,28,30-34H,5-10,12-14H2,1-4H3/t15?,16-,18?,20?,21?,22-,23?,24+,25+,26+,27+/m0/s1. The van der Waals surface area contributed by atoms with Crippen molar-refractivity contribution in [1.82, 2.24) is 0 Å². The van der Waals surface area contributed by atoms with Crippen LogP contribution in [0.2, 0.25) is 0 Å². The fourth-order valence-corrected chi connectivity index (χ4v) is 8.37. The zero-order valence-electron chi connectivity index (χ0n) is 21.1. The Morgan fingerprint density at radius 2 is 1.79 bits per heavy atom. The summed E-state index contributed by atoms with van der Waals surface area (Å²) in [6.45, 7) is 7.59. The molecule has 0 bridgehead atoms. The Bertz CT molecular complexity index is 839. The summed E-state index contributed by atoms with van der Waals surface area (Å²) < 4.78 is 0. The number of hydrogen-bond donors (Lipinski definition) is 6. The van der Waals surface area contributed by atoms with Crippen LogP contribution in [0.15, 0.2) is 11.6 Å². The predicted octanol–water partition coefficient (Wildman–Crippen LogP) is 1.71. The van der Waals surface area contributed by atoms with E-state index in [4.69, 9.17) is 0 Å². The molecule has 3 saturated carbocycles. The minimum Gasteiger partial charge on any atom is -0.396 e. The monoisotopic (exact) mass is 480 g/mol. The van der Waals surface area contributed by atoms with Crippen LogP contribution in [0.4, 0.5) is 0 Å². The molecule has 3 fully saturated rings. The van der Waals surface area contributed by atoms with Crippen LogP contribution in [0.3, 0.4) is 0 Å². The van der Waals surface area contributed by atoms with Gasteiger partial charge in [0.1, 0.15) is 0 Å². The first kappa shape index (κ1) is 26.2. The molecule has 4 aliphatic carbocycles. The predicted molar refractivity (Wildman–Crippen MR) is 127 cm³/mol. The van der Waals surface area contributed by atoms with Crippen molar-refractivity contribution >= 4 is 5.78 Å². The second-order valence-corrected chi connectivity index (χ2v) is 12.7. The van der Waals surface area contributed by atoms with E-state index in [2.05, 4.69) is 0 Å². The summed E-state index contributed by atoms with van der Waals surface area (Å²) in [5, 5.41) is 64.7. The molecule has 0 spiro atoms. The third-order valence-corrected chi connectivity index (χ3v) is 10.7. The highest BCUT2D eigenvalue weighted by atomic mass is 16.3. The Balaban J connectivity index is 1.65. The molecule has 11 atom stereocenters. The topological polar surface area (TPSA) is 138 Å². The van der Waals surface area contributed by atoms with Crippen molar-refractivity contribution in [3.05, 3.63) is 11.6 Å². The lowest BCUT2D eigenvalue weighted by Crippen LogP contribution is -2.62. The van der Waals surface area contributed by atoms with E-state index >= 15 is 0 Å². The van der Waals surface area contributed by atoms with Crippen molar-refractivity contribution < 1.29 is 35.4 Å². The summed E-state index contributed by atoms with van der Waals surface area (Å²) in [5.41, 5.74) is -3.21. The van der Waals surface area contributed by atoms with Gasteiger partial charge in [0.05, 0.1) is 29.5 Å². The summed E-state index contributed by atoms with van der Waals surface area (Å²) in [5.74, 6) is -0.859. The van der Waals surface area contributed by atoms with Crippen LogP contribution < -0.4 is 0 Å². The maximum atomic E-state index is 13.3. The second kappa shape index (κ2) is 8.63. The van der Waals surface area contributed by atoms with E-state index in [1.54, 1.807) is 13.0 Å². The smallest absolute Gasteiger partial charge is 0.159 e. The Morgan fingerprint density at radius 1 is 1.12 bits per heavy atom. The summed E-state index contributed by atoms with van der Waals surface area (Å²) in [7, 11) is 0. The summed E-state index contributed by atoms with van der Waals surface area (Å²) >= 11 is 0. The molecule has 6 N–H and O–H groups in total. The van der Waals surface area contributed by atoms with Gasteiger partial charge in [0.15, 0.2) is 5.78 Å². The number of carbonyl (C=O) groups is 1. The molecular weight excluding hydrogens is 436 g/mol. The quantitative estimate of drug-likeness (QED) is 0.340. The molecular formula is C27H44O7. The zero-order valence-corrected chi connectivity index (χ0v) is 21.1. The van der Waals surface area contributed by atoms with E-state index < -0.39 is 40.3 Å². The van der Waals surface area contributed by atoms with Crippen molar-refractivity contribution in [3.8, 4) is 0 Å². The van der Waals surface area contributed by atoms with Crippen molar-refractivity contribution in [3.63, 3.8) is 0 Å². The zero-order chi connectivity index (χ0) is 25.3. The largest absolute Gasteiger partial charge is 0.396 e. The molecule has 0 aromatic heterocycles. The molecule has 194 valence electrons. The van der Waals surface area contributed by atoms with E-state index in [0.29, 0.717) is 38.5 Å². The van der Waals surface area contributed by atoms with E-state index in [0.717, 1.165) is 12.0 Å². The summed E-state index contributed by atoms with van der Waals surface area (Å²) in [6, 6.07) is 0. The molecule has 0 radical (unpaired) electrons.